The van der Waals surface area contributed by atoms with Gasteiger partial charge in [-0.3, -0.25) is 0 Å². The second kappa shape index (κ2) is 9.03. The van der Waals surface area contributed by atoms with Crippen LogP contribution in [0.1, 0.15) is 32.3 Å². The molecular weight excluding hydrogens is 266 g/mol. The number of hydrogen-bond donors (Lipinski definition) is 1. The van der Waals surface area contributed by atoms with Crippen LogP contribution in [0, 0.1) is 0 Å². The van der Waals surface area contributed by atoms with E-state index in [9.17, 15) is 0 Å². The first-order valence-electron chi connectivity index (χ1n) is 7.88. The SMILES string of the molecule is CC(C)OCCOCCOc1cccc(CNC2CC2)c1. The monoisotopic (exact) mass is 293 g/mol. The number of nitrogens with one attached hydrogen (secondary N) is 1. The third-order valence-electron chi connectivity index (χ3n) is 3.25. The number of benzene rings is 1. The van der Waals surface area contributed by atoms with Crippen LogP contribution >= 0.6 is 0 Å². The van der Waals surface area contributed by atoms with Gasteiger partial charge >= 0.3 is 0 Å². The zero-order valence-corrected chi connectivity index (χ0v) is 13.1. The molecule has 21 heavy (non-hydrogen) atoms. The van der Waals surface area contributed by atoms with Gasteiger partial charge in [-0.25, -0.2) is 0 Å². The molecule has 0 spiro atoms. The maximum Gasteiger partial charge on any atom is 0.119 e. The molecule has 118 valence electrons. The topological polar surface area (TPSA) is 39.7 Å². The van der Waals surface area contributed by atoms with Crippen LogP contribution in [-0.2, 0) is 16.0 Å². The molecule has 4 nitrogen and oxygen atoms in total. The van der Waals surface area contributed by atoms with Crippen molar-refractivity contribution in [2.75, 3.05) is 26.4 Å². The van der Waals surface area contributed by atoms with Crippen LogP contribution in [0.15, 0.2) is 24.3 Å². The third-order valence-corrected chi connectivity index (χ3v) is 3.25. The molecule has 0 saturated heterocycles. The Labute approximate surface area is 127 Å². The Hall–Kier alpha value is -1.10. The predicted molar refractivity (Wildman–Crippen MR) is 83.7 cm³/mol. The highest BCUT2D eigenvalue weighted by Gasteiger charge is 2.19. The minimum absolute atomic E-state index is 0.261. The maximum absolute atomic E-state index is 5.70. The summed E-state index contributed by atoms with van der Waals surface area (Å²) in [6, 6.07) is 8.98. The molecule has 2 rings (SSSR count). The quantitative estimate of drug-likeness (QED) is 0.637. The largest absolute Gasteiger partial charge is 0.491 e. The molecule has 0 bridgehead atoms. The van der Waals surface area contributed by atoms with Crippen molar-refractivity contribution in [3.8, 4) is 5.75 Å². The summed E-state index contributed by atoms with van der Waals surface area (Å²) < 4.78 is 16.6. The Morgan fingerprint density at radius 1 is 1.14 bits per heavy atom. The first-order chi connectivity index (χ1) is 10.2. The number of hydrogen-bond acceptors (Lipinski definition) is 4. The van der Waals surface area contributed by atoms with Crippen molar-refractivity contribution >= 4 is 0 Å². The first kappa shape index (κ1) is 16.3. The van der Waals surface area contributed by atoms with Crippen molar-refractivity contribution in [3.05, 3.63) is 29.8 Å². The molecule has 1 aliphatic rings. The molecule has 1 fully saturated rings. The number of ether oxygens (including phenoxy) is 3. The van der Waals surface area contributed by atoms with Gasteiger partial charge in [0.05, 0.1) is 25.9 Å². The fourth-order valence-electron chi connectivity index (χ4n) is 1.96. The molecule has 1 aliphatic carbocycles. The number of rotatable bonds is 11. The molecule has 1 aromatic carbocycles. The van der Waals surface area contributed by atoms with Crippen molar-refractivity contribution in [3.63, 3.8) is 0 Å². The highest BCUT2D eigenvalue weighted by Crippen LogP contribution is 2.20. The van der Waals surface area contributed by atoms with Gasteiger partial charge in [-0.15, -0.1) is 0 Å². The lowest BCUT2D eigenvalue weighted by molar-refractivity contribution is 0.0124. The zero-order chi connectivity index (χ0) is 14.9. The van der Waals surface area contributed by atoms with Gasteiger partial charge in [-0.2, -0.15) is 0 Å². The lowest BCUT2D eigenvalue weighted by Crippen LogP contribution is -2.15. The lowest BCUT2D eigenvalue weighted by atomic mass is 10.2. The van der Waals surface area contributed by atoms with Crippen molar-refractivity contribution in [1.82, 2.24) is 5.32 Å². The van der Waals surface area contributed by atoms with E-state index in [0.717, 1.165) is 18.3 Å². The molecule has 0 heterocycles. The molecule has 1 saturated carbocycles. The maximum atomic E-state index is 5.70. The molecule has 1 N–H and O–H groups in total. The zero-order valence-electron chi connectivity index (χ0n) is 13.1. The van der Waals surface area contributed by atoms with Crippen LogP contribution in [0.3, 0.4) is 0 Å². The van der Waals surface area contributed by atoms with E-state index < -0.39 is 0 Å². The third kappa shape index (κ3) is 7.46. The van der Waals surface area contributed by atoms with Crippen molar-refractivity contribution in [1.29, 1.82) is 0 Å². The Morgan fingerprint density at radius 2 is 1.95 bits per heavy atom. The molecule has 0 aromatic heterocycles. The van der Waals surface area contributed by atoms with Crippen LogP contribution in [-0.4, -0.2) is 38.6 Å². The van der Waals surface area contributed by atoms with Gasteiger partial charge in [0.1, 0.15) is 12.4 Å². The fourth-order valence-corrected chi connectivity index (χ4v) is 1.96. The summed E-state index contributed by atoms with van der Waals surface area (Å²) in [5.41, 5.74) is 1.27. The summed E-state index contributed by atoms with van der Waals surface area (Å²) in [6.45, 7) is 7.38. The molecule has 0 atom stereocenters. The summed E-state index contributed by atoms with van der Waals surface area (Å²) in [7, 11) is 0. The van der Waals surface area contributed by atoms with Crippen molar-refractivity contribution < 1.29 is 14.2 Å². The molecule has 0 unspecified atom stereocenters. The van der Waals surface area contributed by atoms with E-state index >= 15 is 0 Å². The van der Waals surface area contributed by atoms with Gasteiger partial charge in [0.2, 0.25) is 0 Å². The van der Waals surface area contributed by atoms with Gasteiger partial charge in [0.15, 0.2) is 0 Å². The van der Waals surface area contributed by atoms with Crippen molar-refractivity contribution in [2.45, 2.75) is 45.4 Å². The molecule has 1 aromatic rings. The van der Waals surface area contributed by atoms with E-state index in [0.29, 0.717) is 26.4 Å². The molecule has 0 aliphatic heterocycles. The van der Waals surface area contributed by atoms with E-state index in [1.54, 1.807) is 0 Å². The Balaban J connectivity index is 1.56. The van der Waals surface area contributed by atoms with Crippen LogP contribution in [0.5, 0.6) is 5.75 Å². The van der Waals surface area contributed by atoms with E-state index in [2.05, 4.69) is 17.4 Å². The van der Waals surface area contributed by atoms with Crippen molar-refractivity contribution in [2.24, 2.45) is 0 Å². The normalized spacial score (nSPS) is 14.6. The van der Waals surface area contributed by atoms with Crippen LogP contribution in [0.25, 0.3) is 0 Å². The van der Waals surface area contributed by atoms with Gasteiger partial charge < -0.3 is 19.5 Å². The minimum Gasteiger partial charge on any atom is -0.491 e. The minimum atomic E-state index is 0.261. The van der Waals surface area contributed by atoms with Gasteiger partial charge in [-0.05, 0) is 44.4 Å². The van der Waals surface area contributed by atoms with E-state index in [-0.39, 0.29) is 6.10 Å². The predicted octanol–water partition coefficient (Wildman–Crippen LogP) is 2.76. The average Bonchev–Trinajstić information content (AvgIpc) is 3.28. The summed E-state index contributed by atoms with van der Waals surface area (Å²) >= 11 is 0. The Morgan fingerprint density at radius 3 is 2.71 bits per heavy atom. The van der Waals surface area contributed by atoms with Crippen LogP contribution in [0.4, 0.5) is 0 Å². The van der Waals surface area contributed by atoms with Crippen LogP contribution in [0.2, 0.25) is 0 Å². The molecule has 4 heteroatoms. The smallest absolute Gasteiger partial charge is 0.119 e. The summed E-state index contributed by atoms with van der Waals surface area (Å²) in [5.74, 6) is 0.909. The molecule has 0 amide bonds. The fraction of sp³-hybridized carbons (Fsp3) is 0.647. The average molecular weight is 293 g/mol. The van der Waals surface area contributed by atoms with Gasteiger partial charge in [-0.1, -0.05) is 12.1 Å². The highest BCUT2D eigenvalue weighted by molar-refractivity contribution is 5.28. The lowest BCUT2D eigenvalue weighted by Gasteiger charge is -2.10. The van der Waals surface area contributed by atoms with E-state index in [1.165, 1.54) is 18.4 Å². The molecule has 0 radical (unpaired) electrons. The summed E-state index contributed by atoms with van der Waals surface area (Å²) in [4.78, 5) is 0. The van der Waals surface area contributed by atoms with E-state index in [4.69, 9.17) is 14.2 Å². The summed E-state index contributed by atoms with van der Waals surface area (Å²) in [6.07, 6.45) is 2.89. The second-order valence-corrected chi connectivity index (χ2v) is 5.68. The standard InChI is InChI=1S/C17H27NO3/c1-14(2)20-10-8-19-9-11-21-17-5-3-4-15(12-17)13-18-16-6-7-16/h3-5,12,14,16,18H,6-11,13H2,1-2H3. The molecular formula is C17H27NO3. The van der Waals surface area contributed by atoms with Gasteiger partial charge in [0.25, 0.3) is 0 Å². The van der Waals surface area contributed by atoms with E-state index in [1.807, 2.05) is 26.0 Å². The second-order valence-electron chi connectivity index (χ2n) is 5.68. The summed E-state index contributed by atoms with van der Waals surface area (Å²) in [5, 5.41) is 3.51. The highest BCUT2D eigenvalue weighted by atomic mass is 16.5. The first-order valence-corrected chi connectivity index (χ1v) is 7.88. The van der Waals surface area contributed by atoms with Gasteiger partial charge in [0, 0.05) is 12.6 Å². The Kier molecular flexibility index (Phi) is 7.00. The van der Waals surface area contributed by atoms with Crippen LogP contribution < -0.4 is 10.1 Å². The Bertz CT molecular complexity index is 405.